The maximum absolute atomic E-state index is 9.32. The van der Waals surface area contributed by atoms with Crippen LogP contribution in [-0.4, -0.2) is 24.5 Å². The van der Waals surface area contributed by atoms with Gasteiger partial charge in [-0.15, -0.1) is 0 Å². The van der Waals surface area contributed by atoms with Gasteiger partial charge in [-0.1, -0.05) is 39.5 Å². The first-order chi connectivity index (χ1) is 8.72. The van der Waals surface area contributed by atoms with E-state index in [2.05, 4.69) is 31.9 Å². The van der Waals surface area contributed by atoms with Gasteiger partial charge >= 0.3 is 0 Å². The molecule has 0 aromatic rings. The first kappa shape index (κ1) is 15.5. The number of unbranched alkanes of at least 4 members (excludes halogenated alkanes) is 2. The normalized spacial score (nSPS) is 28.3. The van der Waals surface area contributed by atoms with E-state index in [0.717, 1.165) is 18.9 Å². The van der Waals surface area contributed by atoms with Crippen LogP contribution < -0.4 is 0 Å². The highest BCUT2D eigenvalue weighted by Gasteiger charge is 2.32. The molecule has 0 bridgehead atoms. The first-order valence-corrected chi connectivity index (χ1v) is 7.82. The van der Waals surface area contributed by atoms with Gasteiger partial charge in [0.1, 0.15) is 0 Å². The van der Waals surface area contributed by atoms with E-state index in [0.29, 0.717) is 6.04 Å². The molecule has 2 heteroatoms. The molecule has 1 rings (SSSR count). The Morgan fingerprint density at radius 2 is 1.94 bits per heavy atom. The van der Waals surface area contributed by atoms with Crippen LogP contribution in [-0.2, 0) is 0 Å². The summed E-state index contributed by atoms with van der Waals surface area (Å²) in [6.45, 7) is 5.68. The van der Waals surface area contributed by atoms with Crippen LogP contribution in [0.3, 0.4) is 0 Å². The zero-order valence-corrected chi connectivity index (χ0v) is 12.5. The average Bonchev–Trinajstić information content (AvgIpc) is 2.39. The third-order valence-electron chi connectivity index (χ3n) is 4.47. The van der Waals surface area contributed by atoms with Crippen molar-refractivity contribution in [2.45, 2.75) is 71.3 Å². The molecule has 0 aromatic heterocycles. The minimum Gasteiger partial charge on any atom is -0.302 e. The minimum absolute atomic E-state index is 0.268. The Labute approximate surface area is 113 Å². The van der Waals surface area contributed by atoms with Crippen LogP contribution in [0.1, 0.15) is 65.2 Å². The van der Waals surface area contributed by atoms with E-state index in [1.165, 1.54) is 44.9 Å². The molecule has 1 fully saturated rings. The maximum Gasteiger partial charge on any atom is 0.0672 e. The molecule has 1 aliphatic carbocycles. The lowest BCUT2D eigenvalue weighted by molar-refractivity contribution is 0.120. The predicted octanol–water partition coefficient (Wildman–Crippen LogP) is 4.22. The average molecular weight is 250 g/mol. The summed E-state index contributed by atoms with van der Waals surface area (Å²) >= 11 is 0. The second kappa shape index (κ2) is 8.53. The quantitative estimate of drug-likeness (QED) is 0.633. The van der Waals surface area contributed by atoms with Crippen molar-refractivity contribution in [1.82, 2.24) is 4.90 Å². The SMILES string of the molecule is CCCCCN(C)C1CC(CCC)CCC1C#N. The van der Waals surface area contributed by atoms with E-state index in [1.54, 1.807) is 0 Å². The standard InChI is InChI=1S/C16H30N2/c1-4-6-7-11-18(3)16-12-14(8-5-2)9-10-15(16)13-17/h14-16H,4-12H2,1-3H3. The molecule has 3 atom stereocenters. The van der Waals surface area contributed by atoms with Crippen LogP contribution in [0.15, 0.2) is 0 Å². The summed E-state index contributed by atoms with van der Waals surface area (Å²) in [6.07, 6.45) is 10.1. The van der Waals surface area contributed by atoms with Gasteiger partial charge in [0.05, 0.1) is 12.0 Å². The molecule has 0 aromatic carbocycles. The number of rotatable bonds is 7. The molecule has 1 saturated carbocycles. The van der Waals surface area contributed by atoms with E-state index in [-0.39, 0.29) is 5.92 Å². The third-order valence-corrected chi connectivity index (χ3v) is 4.47. The summed E-state index contributed by atoms with van der Waals surface area (Å²) in [5.74, 6) is 1.13. The molecular formula is C16H30N2. The highest BCUT2D eigenvalue weighted by molar-refractivity contribution is 4.97. The molecule has 0 aliphatic heterocycles. The zero-order chi connectivity index (χ0) is 13.4. The van der Waals surface area contributed by atoms with Crippen molar-refractivity contribution in [2.75, 3.05) is 13.6 Å². The van der Waals surface area contributed by atoms with Gasteiger partial charge in [-0.05, 0) is 45.2 Å². The number of nitrogens with zero attached hydrogens (tertiary/aromatic N) is 2. The monoisotopic (exact) mass is 250 g/mol. The summed E-state index contributed by atoms with van der Waals surface area (Å²) in [5, 5.41) is 9.32. The van der Waals surface area contributed by atoms with Gasteiger partial charge in [-0.3, -0.25) is 0 Å². The Hall–Kier alpha value is -0.550. The molecule has 0 radical (unpaired) electrons. The van der Waals surface area contributed by atoms with E-state index in [4.69, 9.17) is 0 Å². The third kappa shape index (κ3) is 4.61. The molecule has 3 unspecified atom stereocenters. The molecule has 0 amide bonds. The molecule has 2 nitrogen and oxygen atoms in total. The Kier molecular flexibility index (Phi) is 7.35. The van der Waals surface area contributed by atoms with Gasteiger partial charge in [0.25, 0.3) is 0 Å². The molecule has 18 heavy (non-hydrogen) atoms. The highest BCUT2D eigenvalue weighted by atomic mass is 15.1. The first-order valence-electron chi connectivity index (χ1n) is 7.82. The lowest BCUT2D eigenvalue weighted by atomic mass is 9.76. The largest absolute Gasteiger partial charge is 0.302 e. The second-order valence-corrected chi connectivity index (χ2v) is 5.96. The summed E-state index contributed by atoms with van der Waals surface area (Å²) < 4.78 is 0. The fourth-order valence-corrected chi connectivity index (χ4v) is 3.32. The number of nitriles is 1. The van der Waals surface area contributed by atoms with Crippen molar-refractivity contribution in [3.05, 3.63) is 0 Å². The topological polar surface area (TPSA) is 27.0 Å². The van der Waals surface area contributed by atoms with Crippen LogP contribution in [0, 0.1) is 23.2 Å². The van der Waals surface area contributed by atoms with Crippen molar-refractivity contribution >= 4 is 0 Å². The van der Waals surface area contributed by atoms with Gasteiger partial charge in [0.2, 0.25) is 0 Å². The van der Waals surface area contributed by atoms with Gasteiger partial charge in [0, 0.05) is 6.04 Å². The van der Waals surface area contributed by atoms with Gasteiger partial charge < -0.3 is 4.90 Å². The van der Waals surface area contributed by atoms with Crippen LogP contribution in [0.4, 0.5) is 0 Å². The predicted molar refractivity (Wildman–Crippen MR) is 77.3 cm³/mol. The molecule has 104 valence electrons. The Morgan fingerprint density at radius 1 is 1.17 bits per heavy atom. The van der Waals surface area contributed by atoms with Crippen molar-refractivity contribution in [3.63, 3.8) is 0 Å². The fraction of sp³-hybridized carbons (Fsp3) is 0.938. The molecule has 0 saturated heterocycles. The van der Waals surface area contributed by atoms with Crippen LogP contribution in [0.5, 0.6) is 0 Å². The van der Waals surface area contributed by atoms with Crippen LogP contribution in [0.25, 0.3) is 0 Å². The number of hydrogen-bond donors (Lipinski definition) is 0. The Morgan fingerprint density at radius 3 is 2.56 bits per heavy atom. The van der Waals surface area contributed by atoms with Gasteiger partial charge in [-0.2, -0.15) is 5.26 Å². The molecule has 1 aliphatic rings. The molecular weight excluding hydrogens is 220 g/mol. The van der Waals surface area contributed by atoms with Crippen molar-refractivity contribution in [1.29, 1.82) is 5.26 Å². The number of hydrogen-bond acceptors (Lipinski definition) is 2. The highest BCUT2D eigenvalue weighted by Crippen LogP contribution is 2.34. The summed E-state index contributed by atoms with van der Waals surface area (Å²) in [5.41, 5.74) is 0. The maximum atomic E-state index is 9.32. The smallest absolute Gasteiger partial charge is 0.0672 e. The zero-order valence-electron chi connectivity index (χ0n) is 12.5. The van der Waals surface area contributed by atoms with E-state index in [1.807, 2.05) is 0 Å². The van der Waals surface area contributed by atoms with Crippen molar-refractivity contribution in [2.24, 2.45) is 11.8 Å². The van der Waals surface area contributed by atoms with Gasteiger partial charge in [0.15, 0.2) is 0 Å². The minimum atomic E-state index is 0.268. The van der Waals surface area contributed by atoms with Crippen LogP contribution >= 0.6 is 0 Å². The summed E-state index contributed by atoms with van der Waals surface area (Å²) in [7, 11) is 2.22. The van der Waals surface area contributed by atoms with E-state index >= 15 is 0 Å². The van der Waals surface area contributed by atoms with Crippen molar-refractivity contribution < 1.29 is 0 Å². The second-order valence-electron chi connectivity index (χ2n) is 5.96. The fourth-order valence-electron chi connectivity index (χ4n) is 3.32. The molecule has 0 spiro atoms. The lowest BCUT2D eigenvalue weighted by Gasteiger charge is -2.38. The lowest BCUT2D eigenvalue weighted by Crippen LogP contribution is -2.42. The Balaban J connectivity index is 2.48. The van der Waals surface area contributed by atoms with E-state index in [9.17, 15) is 5.26 Å². The van der Waals surface area contributed by atoms with Gasteiger partial charge in [-0.25, -0.2) is 0 Å². The molecule has 0 N–H and O–H groups in total. The van der Waals surface area contributed by atoms with Crippen molar-refractivity contribution in [3.8, 4) is 6.07 Å². The van der Waals surface area contributed by atoms with E-state index < -0.39 is 0 Å². The Bertz CT molecular complexity index is 256. The summed E-state index contributed by atoms with van der Waals surface area (Å²) in [4.78, 5) is 2.46. The van der Waals surface area contributed by atoms with Crippen LogP contribution in [0.2, 0.25) is 0 Å². The summed E-state index contributed by atoms with van der Waals surface area (Å²) in [6, 6.07) is 3.06. The molecule has 0 heterocycles.